The third kappa shape index (κ3) is 1.75. The van der Waals surface area contributed by atoms with E-state index in [0.29, 0.717) is 0 Å². The first-order valence-electron chi connectivity index (χ1n) is 4.85. The van der Waals surface area contributed by atoms with Gasteiger partial charge in [0.15, 0.2) is 5.75 Å². The molecule has 1 aliphatic heterocycles. The number of fused-ring (bicyclic) bond motifs is 1. The molecule has 1 aliphatic rings. The molecule has 0 aromatic heterocycles. The first-order chi connectivity index (χ1) is 8.56. The van der Waals surface area contributed by atoms with Gasteiger partial charge in [0.2, 0.25) is 5.75 Å². The van der Waals surface area contributed by atoms with Crippen molar-refractivity contribution in [3.63, 3.8) is 0 Å². The van der Waals surface area contributed by atoms with Gasteiger partial charge in [0.25, 0.3) is 5.75 Å². The van der Waals surface area contributed by atoms with Gasteiger partial charge in [-0.3, -0.25) is 20.2 Å². The fourth-order valence-corrected chi connectivity index (χ4v) is 1.62. The van der Waals surface area contributed by atoms with Crippen LogP contribution in [0.1, 0.15) is 0 Å². The van der Waals surface area contributed by atoms with E-state index in [4.69, 9.17) is 14.2 Å². The summed E-state index contributed by atoms with van der Waals surface area (Å²) in [6, 6.07) is 0.950. The summed E-state index contributed by atoms with van der Waals surface area (Å²) in [6.45, 7) is 0.274. The largest absolute Gasteiger partial charge is 0.492 e. The Morgan fingerprint density at radius 3 is 2.28 bits per heavy atom. The van der Waals surface area contributed by atoms with Crippen molar-refractivity contribution in [2.75, 3.05) is 20.3 Å². The molecule has 0 N–H and O–H groups in total. The second-order valence-electron chi connectivity index (χ2n) is 3.32. The molecule has 0 spiro atoms. The van der Waals surface area contributed by atoms with Crippen molar-refractivity contribution in [2.45, 2.75) is 0 Å². The van der Waals surface area contributed by atoms with Crippen LogP contribution in [0.25, 0.3) is 0 Å². The van der Waals surface area contributed by atoms with Crippen LogP contribution in [0.4, 0.5) is 11.4 Å². The highest BCUT2D eigenvalue weighted by Gasteiger charge is 2.37. The van der Waals surface area contributed by atoms with E-state index in [0.717, 1.165) is 6.07 Å². The third-order valence-corrected chi connectivity index (χ3v) is 2.33. The summed E-state index contributed by atoms with van der Waals surface area (Å²) in [5.74, 6) is -0.222. The minimum absolute atomic E-state index is 0.0149. The fraction of sp³-hybridized carbons (Fsp3) is 0.333. The Hall–Kier alpha value is -2.58. The summed E-state index contributed by atoms with van der Waals surface area (Å²) in [5.41, 5.74) is -1.42. The first-order valence-corrected chi connectivity index (χ1v) is 4.85. The van der Waals surface area contributed by atoms with Gasteiger partial charge in [-0.15, -0.1) is 0 Å². The molecule has 18 heavy (non-hydrogen) atoms. The standard InChI is InChI=1S/C9H8N2O7/c1-16-6-4-5(10(12)13)7(11(14)15)9-8(6)17-2-3-18-9/h4H,2-3H2,1H3. The topological polar surface area (TPSA) is 114 Å². The molecule has 1 heterocycles. The second-order valence-corrected chi connectivity index (χ2v) is 3.32. The summed E-state index contributed by atoms with van der Waals surface area (Å²) in [7, 11) is 1.28. The predicted octanol–water partition coefficient (Wildman–Crippen LogP) is 1.28. The zero-order valence-corrected chi connectivity index (χ0v) is 9.24. The number of nitrogens with zero attached hydrogens (tertiary/aromatic N) is 2. The highest BCUT2D eigenvalue weighted by atomic mass is 16.6. The molecular formula is C9H8N2O7. The van der Waals surface area contributed by atoms with Crippen LogP contribution in [0.15, 0.2) is 6.07 Å². The molecule has 0 radical (unpaired) electrons. The SMILES string of the molecule is COc1cc([N+](=O)[O-])c([N+](=O)[O-])c2c1OCCO2. The average molecular weight is 256 g/mol. The number of methoxy groups -OCH3 is 1. The molecule has 0 fully saturated rings. The van der Waals surface area contributed by atoms with Crippen LogP contribution in [0, 0.1) is 20.2 Å². The van der Waals surface area contributed by atoms with Crippen molar-refractivity contribution in [3.8, 4) is 17.2 Å². The van der Waals surface area contributed by atoms with E-state index in [1.807, 2.05) is 0 Å². The third-order valence-electron chi connectivity index (χ3n) is 2.33. The number of rotatable bonds is 3. The lowest BCUT2D eigenvalue weighted by Crippen LogP contribution is -2.17. The van der Waals surface area contributed by atoms with Crippen LogP contribution in [0.3, 0.4) is 0 Å². The Morgan fingerprint density at radius 1 is 1.17 bits per heavy atom. The highest BCUT2D eigenvalue weighted by Crippen LogP contribution is 2.50. The summed E-state index contributed by atoms with van der Waals surface area (Å²) < 4.78 is 15.2. The van der Waals surface area contributed by atoms with Crippen molar-refractivity contribution in [2.24, 2.45) is 0 Å². The molecule has 1 aromatic carbocycles. The molecule has 2 rings (SSSR count). The maximum Gasteiger partial charge on any atom is 0.391 e. The van der Waals surface area contributed by atoms with E-state index in [2.05, 4.69) is 0 Å². The molecule has 0 saturated heterocycles. The van der Waals surface area contributed by atoms with Gasteiger partial charge in [0.05, 0.1) is 23.0 Å². The maximum atomic E-state index is 10.9. The normalized spacial score (nSPS) is 12.9. The zero-order chi connectivity index (χ0) is 13.3. The number of ether oxygens (including phenoxy) is 3. The lowest BCUT2D eigenvalue weighted by molar-refractivity contribution is -0.423. The predicted molar refractivity (Wildman–Crippen MR) is 57.3 cm³/mol. The van der Waals surface area contributed by atoms with E-state index in [1.54, 1.807) is 0 Å². The van der Waals surface area contributed by atoms with Crippen molar-refractivity contribution in [1.29, 1.82) is 0 Å². The number of hydrogen-bond acceptors (Lipinski definition) is 7. The molecule has 9 heteroatoms. The molecule has 0 amide bonds. The van der Waals surface area contributed by atoms with Crippen LogP contribution < -0.4 is 14.2 Å². The van der Waals surface area contributed by atoms with Crippen molar-refractivity contribution in [3.05, 3.63) is 26.3 Å². The quantitative estimate of drug-likeness (QED) is 0.591. The van der Waals surface area contributed by atoms with E-state index in [-0.39, 0.29) is 30.5 Å². The molecular weight excluding hydrogens is 248 g/mol. The lowest BCUT2D eigenvalue weighted by Gasteiger charge is -2.19. The van der Waals surface area contributed by atoms with Gasteiger partial charge in [-0.2, -0.15) is 0 Å². The zero-order valence-electron chi connectivity index (χ0n) is 9.24. The van der Waals surface area contributed by atoms with Gasteiger partial charge in [0.1, 0.15) is 13.2 Å². The summed E-state index contributed by atoms with van der Waals surface area (Å²) in [5, 5.41) is 21.8. The second kappa shape index (κ2) is 4.35. The summed E-state index contributed by atoms with van der Waals surface area (Å²) in [4.78, 5) is 20.0. The number of benzene rings is 1. The summed E-state index contributed by atoms with van der Waals surface area (Å²) in [6.07, 6.45) is 0. The lowest BCUT2D eigenvalue weighted by atomic mass is 10.2. The first kappa shape index (κ1) is 11.9. The minimum atomic E-state index is -0.870. The molecule has 9 nitrogen and oxygen atoms in total. The molecule has 96 valence electrons. The molecule has 0 aliphatic carbocycles. The monoisotopic (exact) mass is 256 g/mol. The number of hydrogen-bond donors (Lipinski definition) is 0. The minimum Gasteiger partial charge on any atom is -0.492 e. The van der Waals surface area contributed by atoms with Gasteiger partial charge < -0.3 is 14.2 Å². The smallest absolute Gasteiger partial charge is 0.391 e. The Bertz CT molecular complexity index is 528. The highest BCUT2D eigenvalue weighted by molar-refractivity contribution is 5.72. The van der Waals surface area contributed by atoms with Crippen molar-refractivity contribution >= 4 is 11.4 Å². The molecule has 1 aromatic rings. The van der Waals surface area contributed by atoms with Gasteiger partial charge in [-0.1, -0.05) is 0 Å². The van der Waals surface area contributed by atoms with Gasteiger partial charge in [0, 0.05) is 0 Å². The summed E-state index contributed by atoms with van der Waals surface area (Å²) >= 11 is 0. The Labute approximate surface area is 100 Å². The van der Waals surface area contributed by atoms with Crippen LogP contribution in [-0.4, -0.2) is 30.2 Å². The molecule has 0 atom stereocenters. The van der Waals surface area contributed by atoms with Crippen LogP contribution in [0.5, 0.6) is 17.2 Å². The van der Waals surface area contributed by atoms with Crippen LogP contribution in [-0.2, 0) is 0 Å². The molecule has 0 unspecified atom stereocenters. The van der Waals surface area contributed by atoms with Crippen molar-refractivity contribution in [1.82, 2.24) is 0 Å². The molecule has 0 bridgehead atoms. The van der Waals surface area contributed by atoms with Gasteiger partial charge >= 0.3 is 11.4 Å². The van der Waals surface area contributed by atoms with E-state index in [9.17, 15) is 20.2 Å². The van der Waals surface area contributed by atoms with E-state index in [1.165, 1.54) is 7.11 Å². The number of nitro groups is 2. The fourth-order valence-electron chi connectivity index (χ4n) is 1.62. The maximum absolute atomic E-state index is 10.9. The Kier molecular flexibility index (Phi) is 2.88. The van der Waals surface area contributed by atoms with E-state index >= 15 is 0 Å². The van der Waals surface area contributed by atoms with Crippen LogP contribution >= 0.6 is 0 Å². The average Bonchev–Trinajstić information content (AvgIpc) is 2.36. The Balaban J connectivity index is 2.76. The van der Waals surface area contributed by atoms with Crippen molar-refractivity contribution < 1.29 is 24.1 Å². The Morgan fingerprint density at radius 2 is 1.78 bits per heavy atom. The number of nitro benzene ring substituents is 2. The van der Waals surface area contributed by atoms with E-state index < -0.39 is 21.2 Å². The van der Waals surface area contributed by atoms with Gasteiger partial charge in [-0.05, 0) is 0 Å². The van der Waals surface area contributed by atoms with Crippen LogP contribution in [0.2, 0.25) is 0 Å². The van der Waals surface area contributed by atoms with Gasteiger partial charge in [-0.25, -0.2) is 0 Å². The molecule has 0 saturated carbocycles.